The average Bonchev–Trinajstić information content (AvgIpc) is 2.28. The Morgan fingerprint density at radius 1 is 1.44 bits per heavy atom. The van der Waals surface area contributed by atoms with Crippen LogP contribution in [0.25, 0.3) is 10.8 Å². The molecule has 0 saturated carbocycles. The zero-order chi connectivity index (χ0) is 11.5. The Morgan fingerprint density at radius 2 is 2.25 bits per heavy atom. The predicted molar refractivity (Wildman–Crippen MR) is 62.6 cm³/mol. The van der Waals surface area contributed by atoms with Crippen molar-refractivity contribution < 1.29 is 14.6 Å². The van der Waals surface area contributed by atoms with E-state index < -0.39 is 5.97 Å². The third-order valence-corrected chi connectivity index (χ3v) is 2.89. The van der Waals surface area contributed by atoms with Crippen LogP contribution in [0.3, 0.4) is 0 Å². The van der Waals surface area contributed by atoms with Crippen molar-refractivity contribution in [2.45, 2.75) is 0 Å². The van der Waals surface area contributed by atoms with Gasteiger partial charge in [-0.15, -0.1) is 0 Å². The number of carboxylic acids is 1. The van der Waals surface area contributed by atoms with E-state index in [0.29, 0.717) is 5.75 Å². The van der Waals surface area contributed by atoms with Gasteiger partial charge < -0.3 is 9.84 Å². The number of hydrogen-bond acceptors (Lipinski definition) is 3. The van der Waals surface area contributed by atoms with E-state index >= 15 is 0 Å². The number of aliphatic carboxylic acids is 1. The number of pyridine rings is 1. The van der Waals surface area contributed by atoms with Crippen LogP contribution in [-0.2, 0) is 4.79 Å². The summed E-state index contributed by atoms with van der Waals surface area (Å²) in [6.07, 6.45) is 3.41. The SMILES string of the molecule is O=C(O)COc1ccc2cnccc2c1Br. The van der Waals surface area contributed by atoms with Crippen LogP contribution < -0.4 is 4.74 Å². The topological polar surface area (TPSA) is 59.4 Å². The number of benzene rings is 1. The third kappa shape index (κ3) is 2.14. The zero-order valence-electron chi connectivity index (χ0n) is 8.18. The third-order valence-electron chi connectivity index (χ3n) is 2.07. The Bertz CT molecular complexity index is 542. The van der Waals surface area contributed by atoms with E-state index in [4.69, 9.17) is 9.84 Å². The Balaban J connectivity index is 2.40. The fraction of sp³-hybridized carbons (Fsp3) is 0.0909. The van der Waals surface area contributed by atoms with Crippen molar-refractivity contribution in [3.8, 4) is 5.75 Å². The lowest BCUT2D eigenvalue weighted by atomic mass is 10.2. The first kappa shape index (κ1) is 10.9. The smallest absolute Gasteiger partial charge is 0.341 e. The molecule has 2 rings (SSSR count). The van der Waals surface area contributed by atoms with Crippen molar-refractivity contribution in [2.75, 3.05) is 6.61 Å². The van der Waals surface area contributed by atoms with E-state index in [1.165, 1.54) is 0 Å². The molecule has 0 aliphatic carbocycles. The Morgan fingerprint density at radius 3 is 3.00 bits per heavy atom. The lowest BCUT2D eigenvalue weighted by molar-refractivity contribution is -0.139. The number of hydrogen-bond donors (Lipinski definition) is 1. The maximum Gasteiger partial charge on any atom is 0.341 e. The van der Waals surface area contributed by atoms with Crippen LogP contribution >= 0.6 is 15.9 Å². The Hall–Kier alpha value is -1.62. The lowest BCUT2D eigenvalue weighted by Crippen LogP contribution is -2.09. The number of halogens is 1. The predicted octanol–water partition coefficient (Wildman–Crippen LogP) is 2.46. The highest BCUT2D eigenvalue weighted by Gasteiger charge is 2.07. The minimum atomic E-state index is -0.998. The molecule has 2 aromatic rings. The first-order chi connectivity index (χ1) is 7.68. The molecule has 1 N–H and O–H groups in total. The molecule has 0 spiro atoms. The van der Waals surface area contributed by atoms with Crippen LogP contribution in [0.1, 0.15) is 0 Å². The molecule has 0 unspecified atom stereocenters. The summed E-state index contributed by atoms with van der Waals surface area (Å²) in [6.45, 7) is -0.352. The first-order valence-corrected chi connectivity index (χ1v) is 5.34. The van der Waals surface area contributed by atoms with E-state index in [1.807, 2.05) is 12.1 Å². The molecule has 1 aromatic heterocycles. The van der Waals surface area contributed by atoms with Crippen LogP contribution in [0.2, 0.25) is 0 Å². The van der Waals surface area contributed by atoms with Gasteiger partial charge in [0.15, 0.2) is 6.61 Å². The first-order valence-electron chi connectivity index (χ1n) is 4.55. The van der Waals surface area contributed by atoms with E-state index in [0.717, 1.165) is 15.2 Å². The van der Waals surface area contributed by atoms with Crippen LogP contribution in [0.5, 0.6) is 5.75 Å². The van der Waals surface area contributed by atoms with Gasteiger partial charge in [0.25, 0.3) is 0 Å². The monoisotopic (exact) mass is 281 g/mol. The second-order valence-corrected chi connectivity index (χ2v) is 3.95. The number of carbonyl (C=O) groups is 1. The van der Waals surface area contributed by atoms with Crippen molar-refractivity contribution in [1.82, 2.24) is 4.98 Å². The summed E-state index contributed by atoms with van der Waals surface area (Å²) in [7, 11) is 0. The molecule has 1 aromatic carbocycles. The molecule has 0 saturated heterocycles. The van der Waals surface area contributed by atoms with Gasteiger partial charge in [0.05, 0.1) is 4.47 Å². The van der Waals surface area contributed by atoms with Gasteiger partial charge in [-0.05, 0) is 34.1 Å². The van der Waals surface area contributed by atoms with Crippen molar-refractivity contribution >= 4 is 32.7 Å². The minimum absolute atomic E-state index is 0.352. The van der Waals surface area contributed by atoms with Crippen molar-refractivity contribution in [1.29, 1.82) is 0 Å². The Labute approximate surface area is 100.0 Å². The summed E-state index contributed by atoms with van der Waals surface area (Å²) in [5, 5.41) is 10.4. The van der Waals surface area contributed by atoms with Gasteiger partial charge in [0.2, 0.25) is 0 Å². The lowest BCUT2D eigenvalue weighted by Gasteiger charge is -2.07. The molecule has 16 heavy (non-hydrogen) atoms. The number of rotatable bonds is 3. The molecular weight excluding hydrogens is 274 g/mol. The molecule has 0 aliphatic heterocycles. The van der Waals surface area contributed by atoms with Crippen LogP contribution in [-0.4, -0.2) is 22.7 Å². The molecule has 0 bridgehead atoms. The molecule has 4 nitrogen and oxygen atoms in total. The number of aromatic nitrogens is 1. The van der Waals surface area contributed by atoms with Crippen LogP contribution in [0.15, 0.2) is 35.1 Å². The van der Waals surface area contributed by atoms with Crippen molar-refractivity contribution in [3.63, 3.8) is 0 Å². The highest BCUT2D eigenvalue weighted by molar-refractivity contribution is 9.10. The summed E-state index contributed by atoms with van der Waals surface area (Å²) < 4.78 is 5.88. The maximum atomic E-state index is 10.4. The Kier molecular flexibility index (Phi) is 3.05. The van der Waals surface area contributed by atoms with Gasteiger partial charge in [-0.2, -0.15) is 0 Å². The normalized spacial score (nSPS) is 10.3. The molecule has 1 heterocycles. The average molecular weight is 282 g/mol. The van der Waals surface area contributed by atoms with Gasteiger partial charge in [0.1, 0.15) is 5.75 Å². The van der Waals surface area contributed by atoms with Gasteiger partial charge in [-0.3, -0.25) is 4.98 Å². The zero-order valence-corrected chi connectivity index (χ0v) is 9.77. The maximum absolute atomic E-state index is 10.4. The summed E-state index contributed by atoms with van der Waals surface area (Å²) in [4.78, 5) is 14.4. The summed E-state index contributed by atoms with van der Waals surface area (Å²) >= 11 is 3.39. The molecular formula is C11H8BrNO3. The fourth-order valence-corrected chi connectivity index (χ4v) is 1.97. The number of fused-ring (bicyclic) bond motifs is 1. The fourth-order valence-electron chi connectivity index (χ4n) is 1.36. The number of carboxylic acid groups (broad SMARTS) is 1. The van der Waals surface area contributed by atoms with Gasteiger partial charge in [0, 0.05) is 23.2 Å². The second kappa shape index (κ2) is 4.49. The van der Waals surface area contributed by atoms with E-state index in [9.17, 15) is 4.79 Å². The molecule has 82 valence electrons. The highest BCUT2D eigenvalue weighted by atomic mass is 79.9. The molecule has 0 fully saturated rings. The number of ether oxygens (including phenoxy) is 1. The quantitative estimate of drug-likeness (QED) is 0.939. The summed E-state index contributed by atoms with van der Waals surface area (Å²) in [5.74, 6) is -0.483. The molecule has 0 aliphatic rings. The van der Waals surface area contributed by atoms with Crippen molar-refractivity contribution in [2.24, 2.45) is 0 Å². The second-order valence-electron chi connectivity index (χ2n) is 3.16. The van der Waals surface area contributed by atoms with Crippen LogP contribution in [0.4, 0.5) is 0 Å². The van der Waals surface area contributed by atoms with Gasteiger partial charge in [-0.25, -0.2) is 4.79 Å². The highest BCUT2D eigenvalue weighted by Crippen LogP contribution is 2.32. The summed E-state index contributed by atoms with van der Waals surface area (Å²) in [6, 6.07) is 5.40. The van der Waals surface area contributed by atoms with Crippen LogP contribution in [0, 0.1) is 0 Å². The summed E-state index contributed by atoms with van der Waals surface area (Å²) in [5.41, 5.74) is 0. The van der Waals surface area contributed by atoms with Gasteiger partial charge in [-0.1, -0.05) is 0 Å². The minimum Gasteiger partial charge on any atom is -0.481 e. The molecule has 0 radical (unpaired) electrons. The molecule has 0 amide bonds. The van der Waals surface area contributed by atoms with Crippen molar-refractivity contribution in [3.05, 3.63) is 35.1 Å². The van der Waals surface area contributed by atoms with E-state index in [-0.39, 0.29) is 6.61 Å². The molecule has 0 atom stereocenters. The number of nitrogens with zero attached hydrogens (tertiary/aromatic N) is 1. The largest absolute Gasteiger partial charge is 0.481 e. The van der Waals surface area contributed by atoms with E-state index in [2.05, 4.69) is 20.9 Å². The van der Waals surface area contributed by atoms with E-state index in [1.54, 1.807) is 18.5 Å². The standard InChI is InChI=1S/C11H8BrNO3/c12-11-8-3-4-13-5-7(8)1-2-9(11)16-6-10(14)15/h1-5H,6H2,(H,14,15). The van der Waals surface area contributed by atoms with Gasteiger partial charge >= 0.3 is 5.97 Å². The molecule has 5 heteroatoms.